The second-order valence-corrected chi connectivity index (χ2v) is 11.9. The first-order valence-corrected chi connectivity index (χ1v) is 14.7. The van der Waals surface area contributed by atoms with E-state index in [1.54, 1.807) is 11.4 Å². The van der Waals surface area contributed by atoms with Crippen LogP contribution in [0.25, 0.3) is 5.70 Å². The number of thiophene rings is 1. The number of aliphatic hydroxyl groups is 1. The monoisotopic (exact) mass is 559 g/mol. The van der Waals surface area contributed by atoms with Gasteiger partial charge >= 0.3 is 0 Å². The van der Waals surface area contributed by atoms with E-state index in [1.807, 2.05) is 5.38 Å². The summed E-state index contributed by atoms with van der Waals surface area (Å²) in [6.07, 6.45) is 0.998. The molecule has 2 aliphatic heterocycles. The summed E-state index contributed by atoms with van der Waals surface area (Å²) in [5.41, 5.74) is 4.79. The van der Waals surface area contributed by atoms with Gasteiger partial charge in [-0.15, -0.1) is 0 Å². The van der Waals surface area contributed by atoms with E-state index in [2.05, 4.69) is 20.2 Å². The number of nitrogens with one attached hydrogen (secondary N) is 3. The maximum atomic E-state index is 13.5. The molecule has 0 bridgehead atoms. The van der Waals surface area contributed by atoms with Crippen LogP contribution in [0.1, 0.15) is 11.1 Å². The molecule has 14 heteroatoms. The first kappa shape index (κ1) is 24.9. The number of halogens is 1. The molecule has 3 aromatic rings. The third-order valence-electron chi connectivity index (χ3n) is 5.43. The van der Waals surface area contributed by atoms with Gasteiger partial charge in [-0.25, -0.2) is 17.8 Å². The Kier molecular flexibility index (Phi) is 6.46. The Morgan fingerprint density at radius 1 is 1.22 bits per heavy atom. The van der Waals surface area contributed by atoms with Gasteiger partial charge in [-0.05, 0) is 41.3 Å². The van der Waals surface area contributed by atoms with Crippen LogP contribution >= 0.6 is 19.3 Å². The van der Waals surface area contributed by atoms with Crippen LogP contribution in [0.2, 0.25) is 0 Å². The number of amides is 1. The lowest BCUT2D eigenvalue weighted by molar-refractivity contribution is -0.152. The molecule has 0 saturated heterocycles. The van der Waals surface area contributed by atoms with Crippen molar-refractivity contribution in [3.63, 3.8) is 0 Å². The summed E-state index contributed by atoms with van der Waals surface area (Å²) in [5, 5.41) is 19.2. The van der Waals surface area contributed by atoms with Crippen molar-refractivity contribution in [1.82, 2.24) is 10.4 Å². The molecule has 3 heterocycles. The average molecular weight is 560 g/mol. The maximum Gasteiger partial charge on any atom is 0.280 e. The number of rotatable bonds is 5. The minimum Gasteiger partial charge on any atom is -0.607 e. The zero-order valence-electron chi connectivity index (χ0n) is 19.1. The van der Waals surface area contributed by atoms with Crippen LogP contribution in [0.5, 0.6) is 0 Å². The van der Waals surface area contributed by atoms with Gasteiger partial charge in [-0.1, -0.05) is 16.9 Å². The van der Waals surface area contributed by atoms with Crippen molar-refractivity contribution in [3.05, 3.63) is 93.4 Å². The third-order valence-corrected chi connectivity index (χ3v) is 7.88. The van der Waals surface area contributed by atoms with Gasteiger partial charge in [0, 0.05) is 17.0 Å². The van der Waals surface area contributed by atoms with Crippen LogP contribution in [0.4, 0.5) is 15.8 Å². The summed E-state index contributed by atoms with van der Waals surface area (Å²) in [7, 11) is -5.98. The molecule has 190 valence electrons. The quantitative estimate of drug-likeness (QED) is 0.278. The fraction of sp³-hybridized carbons (Fsp3) is 0.0870. The summed E-state index contributed by atoms with van der Waals surface area (Å²) >= 11 is 1.39. The number of nitrogens with zero attached hydrogens (tertiary/aromatic N) is 2. The molecule has 2 aromatic carbocycles. The van der Waals surface area contributed by atoms with Crippen LogP contribution in [0.15, 0.2) is 81.2 Å². The molecule has 37 heavy (non-hydrogen) atoms. The summed E-state index contributed by atoms with van der Waals surface area (Å²) in [4.78, 5) is 26.6. The fourth-order valence-corrected chi connectivity index (χ4v) is 6.02. The molecule has 4 N–H and O–H groups in total. The summed E-state index contributed by atoms with van der Waals surface area (Å²) in [6.45, 7) is 0.0417. The number of benzene rings is 2. The van der Waals surface area contributed by atoms with Gasteiger partial charge in [0.1, 0.15) is 17.1 Å². The predicted octanol–water partition coefficient (Wildman–Crippen LogP) is 2.94. The zero-order chi connectivity index (χ0) is 26.3. The van der Waals surface area contributed by atoms with Crippen molar-refractivity contribution < 1.29 is 27.6 Å². The summed E-state index contributed by atoms with van der Waals surface area (Å²) in [5.74, 6) is -1.54. The number of carbonyl (C=O) groups excluding carboxylic acids is 1. The first-order valence-electron chi connectivity index (χ1n) is 10.7. The number of sulfonamides is 1. The van der Waals surface area contributed by atoms with Gasteiger partial charge in [0.15, 0.2) is 16.9 Å². The highest BCUT2D eigenvalue weighted by atomic mass is 32.2. The SMILES string of the molecule is CS(=O)(=O)Nc1ccc2c(c1)[P+]([O-])=NC(=C1C(=O)N(Cc3ccc(F)cc3)NC(c3ccsc3)=C1O)N2. The van der Waals surface area contributed by atoms with Gasteiger partial charge in [0.05, 0.1) is 24.2 Å². The minimum absolute atomic E-state index is 0.0417. The van der Waals surface area contributed by atoms with Gasteiger partial charge in [0.25, 0.3) is 5.91 Å². The smallest absolute Gasteiger partial charge is 0.280 e. The molecule has 5 rings (SSSR count). The Hall–Kier alpha value is -3.77. The van der Waals surface area contributed by atoms with Crippen molar-refractivity contribution in [2.24, 2.45) is 4.74 Å². The molecule has 1 unspecified atom stereocenters. The van der Waals surface area contributed by atoms with E-state index in [1.165, 1.54) is 58.8 Å². The summed E-state index contributed by atoms with van der Waals surface area (Å²) in [6, 6.07) is 11.8. The minimum atomic E-state index is -3.55. The normalized spacial score (nSPS) is 18.6. The average Bonchev–Trinajstić information content (AvgIpc) is 3.36. The molecule has 1 amide bonds. The molecule has 10 nitrogen and oxygen atoms in total. The molecule has 1 atom stereocenters. The topological polar surface area (TPSA) is 146 Å². The molecular formula is C23H19FN5O5PS2. The Bertz CT molecular complexity index is 1600. The van der Waals surface area contributed by atoms with Gasteiger partial charge < -0.3 is 15.3 Å². The lowest BCUT2D eigenvalue weighted by atomic mass is 10.1. The Labute approximate surface area is 216 Å². The lowest BCUT2D eigenvalue weighted by Gasteiger charge is -2.32. The van der Waals surface area contributed by atoms with Crippen molar-refractivity contribution in [1.29, 1.82) is 0 Å². The number of hydrogen-bond donors (Lipinski definition) is 4. The van der Waals surface area contributed by atoms with Crippen LogP contribution < -0.4 is 25.7 Å². The summed E-state index contributed by atoms with van der Waals surface area (Å²) < 4.78 is 43.0. The highest BCUT2D eigenvalue weighted by Crippen LogP contribution is 2.36. The van der Waals surface area contributed by atoms with Crippen molar-refractivity contribution in [3.8, 4) is 0 Å². The fourth-order valence-electron chi connectivity index (χ4n) is 3.79. The molecule has 0 aliphatic carbocycles. The zero-order valence-corrected chi connectivity index (χ0v) is 21.6. The molecule has 1 aromatic heterocycles. The maximum absolute atomic E-state index is 13.5. The predicted molar refractivity (Wildman–Crippen MR) is 138 cm³/mol. The second-order valence-electron chi connectivity index (χ2n) is 8.19. The number of fused-ring (bicyclic) bond motifs is 1. The highest BCUT2D eigenvalue weighted by Gasteiger charge is 2.36. The van der Waals surface area contributed by atoms with E-state index in [0.717, 1.165) is 6.26 Å². The van der Waals surface area contributed by atoms with Crippen LogP contribution in [0, 0.1) is 5.82 Å². The Balaban J connectivity index is 1.58. The molecule has 0 spiro atoms. The number of hydrazine groups is 1. The van der Waals surface area contributed by atoms with Crippen LogP contribution in [-0.4, -0.2) is 30.7 Å². The van der Waals surface area contributed by atoms with Gasteiger partial charge in [0.2, 0.25) is 18.0 Å². The van der Waals surface area contributed by atoms with Crippen LogP contribution in [-0.2, 0) is 21.4 Å². The van der Waals surface area contributed by atoms with Crippen LogP contribution in [0.3, 0.4) is 0 Å². The number of hydrogen-bond acceptors (Lipinski definition) is 9. The molecule has 0 radical (unpaired) electrons. The molecule has 0 saturated carbocycles. The Morgan fingerprint density at radius 3 is 2.65 bits per heavy atom. The van der Waals surface area contributed by atoms with E-state index in [9.17, 15) is 27.6 Å². The third kappa shape index (κ3) is 5.20. The van der Waals surface area contributed by atoms with Gasteiger partial charge in [-0.2, -0.15) is 11.3 Å². The van der Waals surface area contributed by atoms with Crippen molar-refractivity contribution in [2.75, 3.05) is 16.3 Å². The highest BCUT2D eigenvalue weighted by molar-refractivity contribution is 7.92. The lowest BCUT2D eigenvalue weighted by Crippen LogP contribution is -2.47. The van der Waals surface area contributed by atoms with E-state index in [4.69, 9.17) is 0 Å². The standard InChI is InChI=1S/C23H19FN5O5PS2/c1-37(33,34)28-16-6-7-17-18(10-16)35(32)27-22(25-17)19-21(30)20(14-8-9-36-12-14)26-29(23(19)31)11-13-2-4-15(24)5-3-13/h2-10,12,25-26,28,30H,11H2,1H3. The second kappa shape index (κ2) is 9.60. The van der Waals surface area contributed by atoms with Gasteiger partial charge in [-0.3, -0.25) is 14.9 Å². The Morgan fingerprint density at radius 2 is 1.97 bits per heavy atom. The number of aliphatic hydroxyl groups excluding tert-OH is 1. The molecule has 0 fully saturated rings. The van der Waals surface area contributed by atoms with E-state index < -0.39 is 29.7 Å². The van der Waals surface area contributed by atoms with Crippen molar-refractivity contribution >= 4 is 57.6 Å². The number of carbonyl (C=O) groups is 1. The van der Waals surface area contributed by atoms with E-state index in [-0.39, 0.29) is 40.4 Å². The number of anilines is 2. The van der Waals surface area contributed by atoms with E-state index >= 15 is 0 Å². The van der Waals surface area contributed by atoms with E-state index in [0.29, 0.717) is 16.8 Å². The first-order chi connectivity index (χ1) is 17.6. The molecule has 2 aliphatic rings. The molecular weight excluding hydrogens is 540 g/mol. The van der Waals surface area contributed by atoms with Crippen molar-refractivity contribution in [2.45, 2.75) is 6.54 Å². The largest absolute Gasteiger partial charge is 0.607 e.